The summed E-state index contributed by atoms with van der Waals surface area (Å²) in [6.07, 6.45) is 4.83. The molecule has 1 atom stereocenters. The van der Waals surface area contributed by atoms with Crippen LogP contribution in [0.2, 0.25) is 0 Å². The smallest absolute Gasteiger partial charge is 0.101 e. The molecule has 0 aromatic carbocycles. The van der Waals surface area contributed by atoms with Gasteiger partial charge in [-0.25, -0.2) is 4.39 Å². The van der Waals surface area contributed by atoms with Gasteiger partial charge < -0.3 is 9.80 Å². The van der Waals surface area contributed by atoms with Gasteiger partial charge >= 0.3 is 0 Å². The highest BCUT2D eigenvalue weighted by atomic mass is 19.1. The molecule has 3 heteroatoms. The van der Waals surface area contributed by atoms with E-state index in [0.717, 1.165) is 19.6 Å². The second-order valence-electron chi connectivity index (χ2n) is 5.00. The van der Waals surface area contributed by atoms with Gasteiger partial charge in [0.1, 0.15) is 6.17 Å². The van der Waals surface area contributed by atoms with E-state index >= 15 is 0 Å². The van der Waals surface area contributed by atoms with Gasteiger partial charge in [-0.2, -0.15) is 0 Å². The molecule has 0 saturated carbocycles. The Bertz CT molecular complexity index is 169. The number of hydrogen-bond donors (Lipinski definition) is 0. The predicted octanol–water partition coefficient (Wildman–Crippen LogP) is 2.54. The Labute approximate surface area is 99.8 Å². The molecule has 0 radical (unpaired) electrons. The first-order valence-corrected chi connectivity index (χ1v) is 6.77. The number of likely N-dealkylation sites (N-methyl/N-ethyl adjacent to an activating group) is 1. The lowest BCUT2D eigenvalue weighted by atomic mass is 10.1. The topological polar surface area (TPSA) is 6.48 Å². The van der Waals surface area contributed by atoms with Crippen LogP contribution in [0.3, 0.4) is 0 Å². The number of alkyl halides is 1. The van der Waals surface area contributed by atoms with Gasteiger partial charge in [-0.3, -0.25) is 0 Å². The van der Waals surface area contributed by atoms with Crippen molar-refractivity contribution in [1.29, 1.82) is 0 Å². The van der Waals surface area contributed by atoms with E-state index in [2.05, 4.69) is 16.8 Å². The van der Waals surface area contributed by atoms with Crippen LogP contribution in [-0.4, -0.2) is 55.7 Å². The van der Waals surface area contributed by atoms with Crippen LogP contribution in [0.5, 0.6) is 0 Å². The van der Waals surface area contributed by atoms with Crippen LogP contribution < -0.4 is 0 Å². The number of likely N-dealkylation sites (tertiary alicyclic amines) is 1. The second kappa shape index (κ2) is 8.02. The summed E-state index contributed by atoms with van der Waals surface area (Å²) in [4.78, 5) is 4.80. The lowest BCUT2D eigenvalue weighted by molar-refractivity contribution is 0.186. The number of hydrogen-bond acceptors (Lipinski definition) is 2. The van der Waals surface area contributed by atoms with Gasteiger partial charge in [-0.1, -0.05) is 13.3 Å². The summed E-state index contributed by atoms with van der Waals surface area (Å²) in [5.74, 6) is 0. The zero-order chi connectivity index (χ0) is 11.8. The second-order valence-corrected chi connectivity index (χ2v) is 5.00. The average molecular weight is 230 g/mol. The Morgan fingerprint density at radius 3 is 2.50 bits per heavy atom. The standard InChI is InChI=1S/C13H27FN2/c1-3-13(14)7-10-15(2)11-12-16-8-5-4-6-9-16/h13H,3-12H2,1-2H3. The van der Waals surface area contributed by atoms with E-state index in [9.17, 15) is 4.39 Å². The van der Waals surface area contributed by atoms with Crippen molar-refractivity contribution in [3.8, 4) is 0 Å². The van der Waals surface area contributed by atoms with Gasteiger partial charge in [0.15, 0.2) is 0 Å². The zero-order valence-electron chi connectivity index (χ0n) is 10.9. The molecule has 16 heavy (non-hydrogen) atoms. The molecular formula is C13H27FN2. The fourth-order valence-corrected chi connectivity index (χ4v) is 2.17. The maximum atomic E-state index is 13.1. The fourth-order valence-electron chi connectivity index (χ4n) is 2.17. The van der Waals surface area contributed by atoms with Crippen molar-refractivity contribution >= 4 is 0 Å². The fraction of sp³-hybridized carbons (Fsp3) is 1.00. The predicted molar refractivity (Wildman–Crippen MR) is 67.6 cm³/mol. The SMILES string of the molecule is CCC(F)CCN(C)CCN1CCCCC1. The molecule has 1 aliphatic heterocycles. The summed E-state index contributed by atoms with van der Waals surface area (Å²) < 4.78 is 13.1. The third kappa shape index (κ3) is 5.80. The maximum Gasteiger partial charge on any atom is 0.101 e. The van der Waals surface area contributed by atoms with Crippen LogP contribution in [-0.2, 0) is 0 Å². The zero-order valence-corrected chi connectivity index (χ0v) is 10.9. The van der Waals surface area contributed by atoms with E-state index in [1.54, 1.807) is 0 Å². The van der Waals surface area contributed by atoms with E-state index in [4.69, 9.17) is 0 Å². The van der Waals surface area contributed by atoms with Gasteiger partial charge in [0.2, 0.25) is 0 Å². The van der Waals surface area contributed by atoms with Gasteiger partial charge in [0, 0.05) is 19.6 Å². The van der Waals surface area contributed by atoms with E-state index < -0.39 is 6.17 Å². The molecule has 0 aromatic heterocycles. The number of halogens is 1. The van der Waals surface area contributed by atoms with E-state index in [0.29, 0.717) is 12.8 Å². The Hall–Kier alpha value is -0.150. The Morgan fingerprint density at radius 2 is 1.88 bits per heavy atom. The Balaban J connectivity index is 2.02. The average Bonchev–Trinajstić information content (AvgIpc) is 2.34. The third-order valence-corrected chi connectivity index (χ3v) is 3.51. The van der Waals surface area contributed by atoms with Crippen LogP contribution in [0.15, 0.2) is 0 Å². The Morgan fingerprint density at radius 1 is 1.19 bits per heavy atom. The van der Waals surface area contributed by atoms with E-state index in [-0.39, 0.29) is 0 Å². The molecule has 0 bridgehead atoms. The molecule has 1 fully saturated rings. The highest BCUT2D eigenvalue weighted by molar-refractivity contribution is 4.66. The summed E-state index contributed by atoms with van der Waals surface area (Å²) in [5.41, 5.74) is 0. The van der Waals surface area contributed by atoms with Gasteiger partial charge in [-0.15, -0.1) is 0 Å². The van der Waals surface area contributed by atoms with Gasteiger partial charge in [-0.05, 0) is 45.8 Å². The largest absolute Gasteiger partial charge is 0.305 e. The van der Waals surface area contributed by atoms with Crippen LogP contribution in [0.25, 0.3) is 0 Å². The first-order valence-electron chi connectivity index (χ1n) is 6.77. The molecule has 0 N–H and O–H groups in total. The molecule has 1 saturated heterocycles. The van der Waals surface area contributed by atoms with E-state index in [1.165, 1.54) is 32.4 Å². The molecular weight excluding hydrogens is 203 g/mol. The van der Waals surface area contributed by atoms with Crippen LogP contribution in [0, 0.1) is 0 Å². The first-order chi connectivity index (χ1) is 7.72. The Kier molecular flexibility index (Phi) is 6.97. The quantitative estimate of drug-likeness (QED) is 0.663. The molecule has 1 unspecified atom stereocenters. The molecule has 0 amide bonds. The number of nitrogens with zero attached hydrogens (tertiary/aromatic N) is 2. The van der Waals surface area contributed by atoms with Crippen molar-refractivity contribution in [2.24, 2.45) is 0 Å². The molecule has 96 valence electrons. The van der Waals surface area contributed by atoms with Crippen LogP contribution in [0.1, 0.15) is 39.0 Å². The van der Waals surface area contributed by atoms with Crippen molar-refractivity contribution in [3.05, 3.63) is 0 Å². The molecule has 1 aliphatic rings. The molecule has 1 rings (SSSR count). The van der Waals surface area contributed by atoms with Crippen molar-refractivity contribution in [3.63, 3.8) is 0 Å². The molecule has 0 spiro atoms. The normalized spacial score (nSPS) is 20.2. The minimum Gasteiger partial charge on any atom is -0.305 e. The van der Waals surface area contributed by atoms with Crippen LogP contribution >= 0.6 is 0 Å². The summed E-state index contributed by atoms with van der Waals surface area (Å²) in [7, 11) is 2.10. The van der Waals surface area contributed by atoms with Crippen molar-refractivity contribution in [2.45, 2.75) is 45.2 Å². The monoisotopic (exact) mass is 230 g/mol. The lowest BCUT2D eigenvalue weighted by Crippen LogP contribution is -2.37. The molecule has 0 aromatic rings. The van der Waals surface area contributed by atoms with Crippen LogP contribution in [0.4, 0.5) is 4.39 Å². The van der Waals surface area contributed by atoms with Crippen molar-refractivity contribution in [2.75, 3.05) is 39.8 Å². The van der Waals surface area contributed by atoms with E-state index in [1.807, 2.05) is 6.92 Å². The lowest BCUT2D eigenvalue weighted by Gasteiger charge is -2.28. The molecule has 2 nitrogen and oxygen atoms in total. The van der Waals surface area contributed by atoms with Gasteiger partial charge in [0.05, 0.1) is 0 Å². The molecule has 0 aliphatic carbocycles. The molecule has 1 heterocycles. The number of rotatable bonds is 7. The highest BCUT2D eigenvalue weighted by Gasteiger charge is 2.11. The van der Waals surface area contributed by atoms with Crippen molar-refractivity contribution < 1.29 is 4.39 Å². The first kappa shape index (κ1) is 13.9. The third-order valence-electron chi connectivity index (χ3n) is 3.51. The summed E-state index contributed by atoms with van der Waals surface area (Å²) >= 11 is 0. The summed E-state index contributed by atoms with van der Waals surface area (Å²) in [6.45, 7) is 7.56. The van der Waals surface area contributed by atoms with Crippen molar-refractivity contribution in [1.82, 2.24) is 9.80 Å². The summed E-state index contributed by atoms with van der Waals surface area (Å²) in [5, 5.41) is 0. The van der Waals surface area contributed by atoms with Gasteiger partial charge in [0.25, 0.3) is 0 Å². The minimum atomic E-state index is -0.613. The maximum absolute atomic E-state index is 13.1. The number of piperidine rings is 1. The minimum absolute atomic E-state index is 0.613. The highest BCUT2D eigenvalue weighted by Crippen LogP contribution is 2.08. The summed E-state index contributed by atoms with van der Waals surface area (Å²) in [6, 6.07) is 0.